The minimum Gasteiger partial charge on any atom is -0.497 e. The first-order valence-electron chi connectivity index (χ1n) is 13.1. The number of carbonyl (C=O) groups is 1. The molecule has 1 amide bonds. The highest BCUT2D eigenvalue weighted by molar-refractivity contribution is 6.30. The monoisotopic (exact) mass is 520 g/mol. The summed E-state index contributed by atoms with van der Waals surface area (Å²) in [5, 5.41) is 3.75. The van der Waals surface area contributed by atoms with Crippen LogP contribution in [0.2, 0.25) is 5.02 Å². The van der Waals surface area contributed by atoms with Gasteiger partial charge in [0.15, 0.2) is 0 Å². The number of benzene rings is 3. The van der Waals surface area contributed by atoms with E-state index in [2.05, 4.69) is 22.3 Å². The van der Waals surface area contributed by atoms with Gasteiger partial charge in [0.2, 0.25) is 5.91 Å². The van der Waals surface area contributed by atoms with Crippen LogP contribution in [0.1, 0.15) is 56.3 Å². The Morgan fingerprint density at radius 2 is 1.68 bits per heavy atom. The summed E-state index contributed by atoms with van der Waals surface area (Å²) in [5.74, 6) is 2.17. The van der Waals surface area contributed by atoms with Gasteiger partial charge in [-0.3, -0.25) is 4.79 Å². The first-order chi connectivity index (χ1) is 17.9. The number of hydrogen-bond donors (Lipinski definition) is 1. The Morgan fingerprint density at radius 1 is 1.00 bits per heavy atom. The molecule has 1 fully saturated rings. The summed E-state index contributed by atoms with van der Waals surface area (Å²) in [6.45, 7) is 6.87. The number of piperidine rings is 1. The molecule has 196 valence electrons. The zero-order chi connectivity index (χ0) is 26.2. The third-order valence-electron chi connectivity index (χ3n) is 7.02. The van der Waals surface area contributed by atoms with E-state index in [1.165, 1.54) is 5.56 Å². The van der Waals surface area contributed by atoms with Crippen molar-refractivity contribution in [3.8, 4) is 11.5 Å². The molecule has 0 aromatic heterocycles. The topological polar surface area (TPSA) is 50.8 Å². The molecule has 3 aromatic carbocycles. The molecule has 1 atom stereocenters. The maximum Gasteiger partial charge on any atom is 0.226 e. The standard InChI is InChI=1S/C31H37ClN2O3/c1-22(2)31(35)33-27-6-4-5-25(21-27)23-15-18-34(19-16-23)20-17-30(24-7-9-26(32)10-8-24)37-29-13-11-28(36-3)12-14-29/h4-14,21-23,30H,15-20H2,1-3H3,(H,33,35). The van der Waals surface area contributed by atoms with Gasteiger partial charge in [-0.1, -0.05) is 49.7 Å². The third-order valence-corrected chi connectivity index (χ3v) is 7.28. The van der Waals surface area contributed by atoms with E-state index in [1.54, 1.807) is 7.11 Å². The molecule has 1 aliphatic heterocycles. The lowest BCUT2D eigenvalue weighted by molar-refractivity contribution is -0.118. The number of likely N-dealkylation sites (tertiary alicyclic amines) is 1. The van der Waals surface area contributed by atoms with Crippen molar-refractivity contribution in [2.75, 3.05) is 32.1 Å². The average molecular weight is 521 g/mol. The molecule has 6 heteroatoms. The Kier molecular flexibility index (Phi) is 9.48. The second-order valence-corrected chi connectivity index (χ2v) is 10.4. The second kappa shape index (κ2) is 13.0. The van der Waals surface area contributed by atoms with Crippen molar-refractivity contribution in [2.45, 2.75) is 45.1 Å². The van der Waals surface area contributed by atoms with Crippen LogP contribution in [0.5, 0.6) is 11.5 Å². The van der Waals surface area contributed by atoms with E-state index in [-0.39, 0.29) is 17.9 Å². The van der Waals surface area contributed by atoms with E-state index in [1.807, 2.05) is 74.5 Å². The largest absolute Gasteiger partial charge is 0.497 e. The molecule has 1 N–H and O–H groups in total. The summed E-state index contributed by atoms with van der Waals surface area (Å²) >= 11 is 6.14. The molecule has 0 saturated carbocycles. The number of rotatable bonds is 10. The van der Waals surface area contributed by atoms with Gasteiger partial charge < -0.3 is 19.7 Å². The van der Waals surface area contributed by atoms with Crippen molar-refractivity contribution in [2.24, 2.45) is 5.92 Å². The van der Waals surface area contributed by atoms with E-state index in [4.69, 9.17) is 21.1 Å². The fourth-order valence-electron chi connectivity index (χ4n) is 4.74. The van der Waals surface area contributed by atoms with E-state index in [0.29, 0.717) is 5.92 Å². The number of hydrogen-bond acceptors (Lipinski definition) is 4. The van der Waals surface area contributed by atoms with Gasteiger partial charge in [-0.25, -0.2) is 0 Å². The fourth-order valence-corrected chi connectivity index (χ4v) is 4.86. The zero-order valence-corrected chi connectivity index (χ0v) is 22.7. The van der Waals surface area contributed by atoms with Crippen molar-refractivity contribution in [1.82, 2.24) is 4.90 Å². The van der Waals surface area contributed by atoms with Crippen molar-refractivity contribution >= 4 is 23.2 Å². The number of nitrogens with zero attached hydrogens (tertiary/aromatic N) is 1. The van der Waals surface area contributed by atoms with Crippen LogP contribution >= 0.6 is 11.6 Å². The molecular formula is C31H37ClN2O3. The minimum atomic E-state index is -0.0652. The lowest BCUT2D eigenvalue weighted by Gasteiger charge is -2.33. The normalized spacial score (nSPS) is 15.4. The molecular weight excluding hydrogens is 484 g/mol. The van der Waals surface area contributed by atoms with Crippen molar-refractivity contribution in [1.29, 1.82) is 0 Å². The molecule has 0 bridgehead atoms. The Labute approximate surface area is 225 Å². The predicted octanol–water partition coefficient (Wildman–Crippen LogP) is 7.33. The summed E-state index contributed by atoms with van der Waals surface area (Å²) in [7, 11) is 1.66. The summed E-state index contributed by atoms with van der Waals surface area (Å²) in [4.78, 5) is 14.6. The SMILES string of the molecule is COc1ccc(OC(CCN2CCC(c3cccc(NC(=O)C(C)C)c3)CC2)c2ccc(Cl)cc2)cc1. The third kappa shape index (κ3) is 7.73. The summed E-state index contributed by atoms with van der Waals surface area (Å²) in [6, 6.07) is 24.0. The number of methoxy groups -OCH3 is 1. The van der Waals surface area contributed by atoms with Crippen LogP contribution in [0.3, 0.4) is 0 Å². The molecule has 4 rings (SSSR count). The zero-order valence-electron chi connectivity index (χ0n) is 22.0. The predicted molar refractivity (Wildman–Crippen MR) is 151 cm³/mol. The molecule has 5 nitrogen and oxygen atoms in total. The van der Waals surface area contributed by atoms with Crippen LogP contribution in [-0.2, 0) is 4.79 Å². The number of halogens is 1. The van der Waals surface area contributed by atoms with Gasteiger partial charge in [-0.2, -0.15) is 0 Å². The van der Waals surface area contributed by atoms with Crippen LogP contribution in [0, 0.1) is 5.92 Å². The fraction of sp³-hybridized carbons (Fsp3) is 0.387. The van der Waals surface area contributed by atoms with Crippen LogP contribution in [-0.4, -0.2) is 37.6 Å². The van der Waals surface area contributed by atoms with Gasteiger partial charge in [-0.05, 0) is 91.5 Å². The molecule has 1 aliphatic rings. The molecule has 1 heterocycles. The first kappa shape index (κ1) is 27.0. The quantitative estimate of drug-likeness (QED) is 0.304. The smallest absolute Gasteiger partial charge is 0.226 e. The highest BCUT2D eigenvalue weighted by Crippen LogP contribution is 2.32. The van der Waals surface area contributed by atoms with Gasteiger partial charge in [0.05, 0.1) is 7.11 Å². The van der Waals surface area contributed by atoms with Gasteiger partial charge >= 0.3 is 0 Å². The second-order valence-electron chi connectivity index (χ2n) is 10.0. The molecule has 1 unspecified atom stereocenters. The molecule has 3 aromatic rings. The lowest BCUT2D eigenvalue weighted by atomic mass is 9.89. The van der Waals surface area contributed by atoms with Gasteiger partial charge in [0, 0.05) is 29.6 Å². The van der Waals surface area contributed by atoms with Gasteiger partial charge in [0.1, 0.15) is 17.6 Å². The van der Waals surface area contributed by atoms with E-state index < -0.39 is 0 Å². The lowest BCUT2D eigenvalue weighted by Crippen LogP contribution is -2.34. The summed E-state index contributed by atoms with van der Waals surface area (Å²) in [6.07, 6.45) is 3.03. The van der Waals surface area contributed by atoms with E-state index in [9.17, 15) is 4.79 Å². The van der Waals surface area contributed by atoms with E-state index >= 15 is 0 Å². The Bertz CT molecular complexity index is 1140. The Balaban J connectivity index is 1.34. The number of carbonyl (C=O) groups excluding carboxylic acids is 1. The van der Waals surface area contributed by atoms with Crippen LogP contribution < -0.4 is 14.8 Å². The number of ether oxygens (including phenoxy) is 2. The van der Waals surface area contributed by atoms with Crippen LogP contribution in [0.15, 0.2) is 72.8 Å². The average Bonchev–Trinajstić information content (AvgIpc) is 2.92. The number of nitrogens with one attached hydrogen (secondary N) is 1. The number of anilines is 1. The first-order valence-corrected chi connectivity index (χ1v) is 13.5. The van der Waals surface area contributed by atoms with Crippen molar-refractivity contribution in [3.05, 3.63) is 88.9 Å². The Morgan fingerprint density at radius 3 is 2.32 bits per heavy atom. The molecule has 0 radical (unpaired) electrons. The number of amides is 1. The van der Waals surface area contributed by atoms with Crippen molar-refractivity contribution in [3.63, 3.8) is 0 Å². The highest BCUT2D eigenvalue weighted by Gasteiger charge is 2.23. The minimum absolute atomic E-state index is 0.0303. The molecule has 37 heavy (non-hydrogen) atoms. The van der Waals surface area contributed by atoms with Crippen LogP contribution in [0.4, 0.5) is 5.69 Å². The molecule has 0 aliphatic carbocycles. The highest BCUT2D eigenvalue weighted by atomic mass is 35.5. The Hall–Kier alpha value is -3.02. The van der Waals surface area contributed by atoms with Crippen molar-refractivity contribution < 1.29 is 14.3 Å². The summed E-state index contributed by atoms with van der Waals surface area (Å²) in [5.41, 5.74) is 3.32. The summed E-state index contributed by atoms with van der Waals surface area (Å²) < 4.78 is 11.7. The molecule has 0 spiro atoms. The van der Waals surface area contributed by atoms with Crippen LogP contribution in [0.25, 0.3) is 0 Å². The molecule has 1 saturated heterocycles. The van der Waals surface area contributed by atoms with E-state index in [0.717, 1.165) is 66.7 Å². The maximum absolute atomic E-state index is 12.1. The maximum atomic E-state index is 12.1. The van der Waals surface area contributed by atoms with Gasteiger partial charge in [0.25, 0.3) is 0 Å². The van der Waals surface area contributed by atoms with Gasteiger partial charge in [-0.15, -0.1) is 0 Å².